The van der Waals surface area contributed by atoms with Crippen molar-refractivity contribution in [2.45, 2.75) is 32.6 Å². The lowest BCUT2D eigenvalue weighted by molar-refractivity contribution is 0.256. The Morgan fingerprint density at radius 3 is 2.55 bits per heavy atom. The van der Waals surface area contributed by atoms with Crippen LogP contribution in [0.2, 0.25) is 0 Å². The molecular formula is C11H16. The van der Waals surface area contributed by atoms with E-state index < -0.39 is 0 Å². The normalized spacial score (nSPS) is 42.1. The summed E-state index contributed by atoms with van der Waals surface area (Å²) in [6.07, 6.45) is 15.1. The van der Waals surface area contributed by atoms with E-state index in [0.29, 0.717) is 5.41 Å². The Hall–Kier alpha value is -0.520. The van der Waals surface area contributed by atoms with Crippen LogP contribution in [0.3, 0.4) is 0 Å². The predicted octanol–water partition coefficient (Wildman–Crippen LogP) is 3.31. The van der Waals surface area contributed by atoms with Gasteiger partial charge in [0.2, 0.25) is 0 Å². The molecule has 0 aromatic rings. The molecule has 0 aromatic carbocycles. The molecule has 0 amide bonds. The highest BCUT2D eigenvalue weighted by atomic mass is 14.4. The third-order valence-electron chi connectivity index (χ3n) is 3.16. The summed E-state index contributed by atoms with van der Waals surface area (Å²) in [5.41, 5.74) is 0.476. The Kier molecular flexibility index (Phi) is 1.63. The van der Waals surface area contributed by atoms with Crippen LogP contribution < -0.4 is 0 Å². The number of allylic oxidation sites excluding steroid dienone is 4. The molecule has 0 nitrogen and oxygen atoms in total. The van der Waals surface area contributed by atoms with Crippen LogP contribution in [0.1, 0.15) is 32.6 Å². The van der Waals surface area contributed by atoms with Gasteiger partial charge in [-0.2, -0.15) is 0 Å². The zero-order valence-electron chi connectivity index (χ0n) is 7.22. The topological polar surface area (TPSA) is 0 Å². The van der Waals surface area contributed by atoms with E-state index in [9.17, 15) is 0 Å². The predicted molar refractivity (Wildman–Crippen MR) is 48.3 cm³/mol. The van der Waals surface area contributed by atoms with Crippen molar-refractivity contribution in [3.05, 3.63) is 24.3 Å². The summed E-state index contributed by atoms with van der Waals surface area (Å²) in [5, 5.41) is 0. The van der Waals surface area contributed by atoms with Gasteiger partial charge < -0.3 is 0 Å². The monoisotopic (exact) mass is 148 g/mol. The van der Waals surface area contributed by atoms with Gasteiger partial charge >= 0.3 is 0 Å². The average molecular weight is 148 g/mol. The van der Waals surface area contributed by atoms with Crippen molar-refractivity contribution < 1.29 is 0 Å². The van der Waals surface area contributed by atoms with Crippen LogP contribution in [-0.2, 0) is 0 Å². The van der Waals surface area contributed by atoms with Gasteiger partial charge in [0.05, 0.1) is 0 Å². The molecule has 3 rings (SSSR count). The first-order valence-electron chi connectivity index (χ1n) is 4.68. The lowest BCUT2D eigenvalue weighted by Gasteiger charge is -2.39. The molecule has 1 fully saturated rings. The number of fused-ring (bicyclic) bond motifs is 2. The van der Waals surface area contributed by atoms with Crippen LogP contribution in [0.25, 0.3) is 0 Å². The van der Waals surface area contributed by atoms with Crippen molar-refractivity contribution >= 4 is 0 Å². The number of hydrogen-bond acceptors (Lipinski definition) is 0. The second kappa shape index (κ2) is 2.51. The van der Waals surface area contributed by atoms with E-state index >= 15 is 0 Å². The summed E-state index contributed by atoms with van der Waals surface area (Å²) in [4.78, 5) is 0. The molecule has 2 bridgehead atoms. The van der Waals surface area contributed by atoms with Gasteiger partial charge in [0.25, 0.3) is 0 Å². The van der Waals surface area contributed by atoms with E-state index in [4.69, 9.17) is 0 Å². The van der Waals surface area contributed by atoms with Gasteiger partial charge in [-0.3, -0.25) is 0 Å². The molecular weight excluding hydrogens is 132 g/mol. The number of hydrogen-bond donors (Lipinski definition) is 0. The van der Waals surface area contributed by atoms with Gasteiger partial charge in [-0.05, 0) is 38.5 Å². The molecule has 3 aliphatic carbocycles. The summed E-state index contributed by atoms with van der Waals surface area (Å²) in [6.45, 7) is 2.13. The highest BCUT2D eigenvalue weighted by Crippen LogP contribution is 2.46. The summed E-state index contributed by atoms with van der Waals surface area (Å²) in [6, 6.07) is 0. The molecule has 0 N–H and O–H groups in total. The fourth-order valence-electron chi connectivity index (χ4n) is 2.42. The fraction of sp³-hybridized carbons (Fsp3) is 0.636. The lowest BCUT2D eigenvalue weighted by Crippen LogP contribution is -2.27. The zero-order valence-corrected chi connectivity index (χ0v) is 7.22. The molecule has 0 heterocycles. The molecule has 11 heavy (non-hydrogen) atoms. The molecule has 3 aliphatic rings. The van der Waals surface area contributed by atoms with Gasteiger partial charge in [0.1, 0.15) is 0 Å². The summed E-state index contributed by atoms with van der Waals surface area (Å²) >= 11 is 0. The van der Waals surface area contributed by atoms with Gasteiger partial charge in [-0.1, -0.05) is 24.3 Å². The molecule has 0 saturated heterocycles. The maximum absolute atomic E-state index is 2.44. The minimum Gasteiger partial charge on any atom is -0.0908 e. The van der Waals surface area contributed by atoms with E-state index in [1.54, 1.807) is 0 Å². The van der Waals surface area contributed by atoms with Crippen LogP contribution in [0.4, 0.5) is 0 Å². The Labute approximate surface area is 69.0 Å². The maximum Gasteiger partial charge on any atom is 0.00613 e. The van der Waals surface area contributed by atoms with Crippen molar-refractivity contribution in [1.29, 1.82) is 0 Å². The van der Waals surface area contributed by atoms with Gasteiger partial charge in [0.15, 0.2) is 0 Å². The van der Waals surface area contributed by atoms with Crippen LogP contribution in [0.5, 0.6) is 0 Å². The molecule has 0 atom stereocenters. The van der Waals surface area contributed by atoms with Crippen LogP contribution >= 0.6 is 0 Å². The molecule has 0 heteroatoms. The van der Waals surface area contributed by atoms with E-state index in [1.807, 2.05) is 0 Å². The van der Waals surface area contributed by atoms with E-state index in [-0.39, 0.29) is 0 Å². The first-order chi connectivity index (χ1) is 5.35. The van der Waals surface area contributed by atoms with E-state index in [0.717, 1.165) is 5.92 Å². The van der Waals surface area contributed by atoms with Crippen molar-refractivity contribution in [3.8, 4) is 0 Å². The standard InChI is InChI=1S/C11H16/c1-2-6-11-7-3-10(4-8-11)5-9-11/h2-3,6-7,10H,4-5,8-9H2,1H3. The van der Waals surface area contributed by atoms with Gasteiger partial charge in [0, 0.05) is 5.41 Å². The third kappa shape index (κ3) is 1.15. The summed E-state index contributed by atoms with van der Waals surface area (Å²) in [7, 11) is 0. The Bertz CT molecular complexity index is 190. The molecule has 0 unspecified atom stereocenters. The van der Waals surface area contributed by atoms with E-state index in [2.05, 4.69) is 31.2 Å². The smallest absolute Gasteiger partial charge is 0.00613 e. The first-order valence-corrected chi connectivity index (χ1v) is 4.68. The Morgan fingerprint density at radius 2 is 2.09 bits per heavy atom. The fourth-order valence-corrected chi connectivity index (χ4v) is 2.42. The van der Waals surface area contributed by atoms with Crippen molar-refractivity contribution in [2.24, 2.45) is 11.3 Å². The molecule has 1 saturated carbocycles. The molecule has 0 aliphatic heterocycles. The SMILES string of the molecule is CC=CC12C=CC(CC1)CC2. The molecule has 0 spiro atoms. The Balaban J connectivity index is 2.24. The highest BCUT2D eigenvalue weighted by Gasteiger charge is 2.33. The maximum atomic E-state index is 2.44. The third-order valence-corrected chi connectivity index (χ3v) is 3.16. The largest absolute Gasteiger partial charge is 0.0908 e. The zero-order chi connectivity index (χ0) is 7.73. The molecule has 0 aromatic heterocycles. The van der Waals surface area contributed by atoms with Crippen LogP contribution in [0.15, 0.2) is 24.3 Å². The Morgan fingerprint density at radius 1 is 1.36 bits per heavy atom. The second-order valence-electron chi connectivity index (χ2n) is 3.93. The summed E-state index contributed by atoms with van der Waals surface area (Å²) in [5.74, 6) is 0.919. The van der Waals surface area contributed by atoms with Crippen LogP contribution in [0, 0.1) is 11.3 Å². The number of rotatable bonds is 1. The summed E-state index contributed by atoms with van der Waals surface area (Å²) < 4.78 is 0. The average Bonchev–Trinajstić information content (AvgIpc) is 2.07. The van der Waals surface area contributed by atoms with Gasteiger partial charge in [-0.15, -0.1) is 0 Å². The first kappa shape index (κ1) is 7.15. The minimum atomic E-state index is 0.476. The minimum absolute atomic E-state index is 0.476. The van der Waals surface area contributed by atoms with E-state index in [1.165, 1.54) is 25.7 Å². The second-order valence-corrected chi connectivity index (χ2v) is 3.93. The van der Waals surface area contributed by atoms with Crippen molar-refractivity contribution in [1.82, 2.24) is 0 Å². The quantitative estimate of drug-likeness (QED) is 0.500. The van der Waals surface area contributed by atoms with Crippen LogP contribution in [-0.4, -0.2) is 0 Å². The highest BCUT2D eigenvalue weighted by molar-refractivity contribution is 5.18. The van der Waals surface area contributed by atoms with Gasteiger partial charge in [-0.25, -0.2) is 0 Å². The molecule has 60 valence electrons. The molecule has 0 radical (unpaired) electrons. The lowest BCUT2D eigenvalue weighted by atomic mass is 9.65. The van der Waals surface area contributed by atoms with Crippen molar-refractivity contribution in [3.63, 3.8) is 0 Å². The van der Waals surface area contributed by atoms with Crippen molar-refractivity contribution in [2.75, 3.05) is 0 Å².